The van der Waals surface area contributed by atoms with Crippen molar-refractivity contribution in [2.24, 2.45) is 0 Å². The summed E-state index contributed by atoms with van der Waals surface area (Å²) < 4.78 is 51.5. The van der Waals surface area contributed by atoms with Gasteiger partial charge in [-0.3, -0.25) is 4.79 Å². The zero-order valence-electron chi connectivity index (χ0n) is 9.46. The molecule has 0 atom stereocenters. The predicted octanol–water partition coefficient (Wildman–Crippen LogP) is 1.59. The highest BCUT2D eigenvalue weighted by molar-refractivity contribution is 6.32. The summed E-state index contributed by atoms with van der Waals surface area (Å²) in [5.74, 6) is -4.82. The molecule has 102 valence electrons. The van der Waals surface area contributed by atoms with E-state index in [4.69, 9.17) is 0 Å². The van der Waals surface area contributed by atoms with E-state index in [0.717, 1.165) is 4.90 Å². The smallest absolute Gasteiger partial charge is 0.442 e. The minimum Gasteiger partial charge on any atom is -0.454 e. The van der Waals surface area contributed by atoms with Crippen molar-refractivity contribution >= 4 is 11.9 Å². The highest BCUT2D eigenvalue weighted by Gasteiger charge is 2.34. The average Bonchev–Trinajstić information content (AvgIpc) is 2.26. The Morgan fingerprint density at radius 1 is 1.39 bits per heavy atom. The van der Waals surface area contributed by atoms with Gasteiger partial charge in [0, 0.05) is 13.6 Å². The lowest BCUT2D eigenvalue weighted by Gasteiger charge is -2.12. The van der Waals surface area contributed by atoms with Gasteiger partial charge in [0.05, 0.1) is 0 Å². The molecule has 8 heteroatoms. The van der Waals surface area contributed by atoms with Gasteiger partial charge in [0.15, 0.2) is 0 Å². The second kappa shape index (κ2) is 6.77. The van der Waals surface area contributed by atoms with Gasteiger partial charge in [-0.25, -0.2) is 9.18 Å². The van der Waals surface area contributed by atoms with Crippen LogP contribution < -0.4 is 0 Å². The lowest BCUT2D eigenvalue weighted by molar-refractivity contribution is -0.158. The zero-order valence-corrected chi connectivity index (χ0v) is 9.46. The molecule has 0 saturated carbocycles. The van der Waals surface area contributed by atoms with Crippen LogP contribution in [0, 0.1) is 0 Å². The lowest BCUT2D eigenvalue weighted by Crippen LogP contribution is -2.34. The summed E-state index contributed by atoms with van der Waals surface area (Å²) in [6.45, 7) is 2.42. The van der Waals surface area contributed by atoms with Crippen LogP contribution in [0.2, 0.25) is 0 Å². The zero-order chi connectivity index (χ0) is 14.3. The van der Waals surface area contributed by atoms with Crippen LogP contribution in [0.3, 0.4) is 0 Å². The summed E-state index contributed by atoms with van der Waals surface area (Å²) >= 11 is 0. The Morgan fingerprint density at radius 3 is 2.39 bits per heavy atom. The predicted molar refractivity (Wildman–Crippen MR) is 54.0 cm³/mol. The largest absolute Gasteiger partial charge is 0.454 e. The van der Waals surface area contributed by atoms with Gasteiger partial charge in [-0.15, -0.1) is 6.58 Å². The molecule has 0 spiro atoms. The molecule has 0 rings (SSSR count). The van der Waals surface area contributed by atoms with Gasteiger partial charge in [0.2, 0.25) is 5.83 Å². The van der Waals surface area contributed by atoms with E-state index in [1.807, 2.05) is 0 Å². The Morgan fingerprint density at radius 2 is 1.94 bits per heavy atom. The molecule has 0 heterocycles. The molecule has 0 N–H and O–H groups in total. The molecule has 4 nitrogen and oxygen atoms in total. The van der Waals surface area contributed by atoms with Gasteiger partial charge in [-0.2, -0.15) is 13.2 Å². The Balaban J connectivity index is 4.28. The third-order valence-electron chi connectivity index (χ3n) is 1.67. The van der Waals surface area contributed by atoms with Crippen molar-refractivity contribution < 1.29 is 31.9 Å². The topological polar surface area (TPSA) is 46.6 Å². The van der Waals surface area contributed by atoms with Gasteiger partial charge in [0.1, 0.15) is 6.61 Å². The van der Waals surface area contributed by atoms with Crippen molar-refractivity contribution in [2.75, 3.05) is 20.2 Å². The van der Waals surface area contributed by atoms with Crippen molar-refractivity contribution in [1.82, 2.24) is 4.90 Å². The van der Waals surface area contributed by atoms with Crippen LogP contribution in [0.4, 0.5) is 17.6 Å². The van der Waals surface area contributed by atoms with E-state index in [2.05, 4.69) is 11.3 Å². The number of rotatable bonds is 4. The Hall–Kier alpha value is -1.86. The molecule has 1 amide bonds. The molecule has 0 unspecified atom stereocenters. The molecule has 0 aliphatic carbocycles. The van der Waals surface area contributed by atoms with Gasteiger partial charge >= 0.3 is 18.1 Å². The van der Waals surface area contributed by atoms with Crippen LogP contribution in [0.5, 0.6) is 0 Å². The van der Waals surface area contributed by atoms with Crippen LogP contribution in [0.25, 0.3) is 0 Å². The maximum absolute atomic E-state index is 12.3. The van der Waals surface area contributed by atoms with Gasteiger partial charge in [-0.05, 0) is 6.08 Å². The van der Waals surface area contributed by atoms with E-state index >= 15 is 0 Å². The van der Waals surface area contributed by atoms with Crippen molar-refractivity contribution in [2.45, 2.75) is 6.18 Å². The summed E-state index contributed by atoms with van der Waals surface area (Å²) in [6, 6.07) is 0. The Kier molecular flexibility index (Phi) is 6.07. The molecule has 18 heavy (non-hydrogen) atoms. The number of esters is 1. The number of hydrogen-bond donors (Lipinski definition) is 0. The highest BCUT2D eigenvalue weighted by atomic mass is 19.4. The summed E-state index contributed by atoms with van der Waals surface area (Å²) in [5, 5.41) is 0. The maximum Gasteiger partial charge on any atom is 0.442 e. The fourth-order valence-electron chi connectivity index (χ4n) is 0.800. The molecule has 0 aliphatic heterocycles. The third-order valence-corrected chi connectivity index (χ3v) is 1.67. The fraction of sp³-hybridized carbons (Fsp3) is 0.400. The summed E-state index contributed by atoms with van der Waals surface area (Å²) in [5.41, 5.74) is 0. The first-order valence-corrected chi connectivity index (χ1v) is 4.66. The van der Waals surface area contributed by atoms with Gasteiger partial charge in [-0.1, -0.05) is 6.08 Å². The number of carbonyl (C=O) groups excluding carboxylic acids is 2. The second-order valence-electron chi connectivity index (χ2n) is 3.12. The maximum atomic E-state index is 12.3. The first kappa shape index (κ1) is 16.1. The number of ether oxygens (including phenoxy) is 1. The molecule has 0 aliphatic rings. The summed E-state index contributed by atoms with van der Waals surface area (Å²) in [4.78, 5) is 23.1. The Labute approximate surface area is 101 Å². The Bertz CT molecular complexity index is 363. The molecule has 0 aromatic heterocycles. The SMILES string of the molecule is C=CCN(C)C(=O)C(=O)OC/C=C(\F)C(F)(F)F. The first-order valence-electron chi connectivity index (χ1n) is 4.66. The van der Waals surface area contributed by atoms with Crippen LogP contribution in [-0.4, -0.2) is 43.2 Å². The third kappa shape index (κ3) is 5.46. The van der Waals surface area contributed by atoms with E-state index < -0.39 is 30.5 Å². The molecule has 0 bridgehead atoms. The summed E-state index contributed by atoms with van der Waals surface area (Å²) in [7, 11) is 1.28. The molecule has 0 fully saturated rings. The number of allylic oxidation sites excluding steroid dienone is 1. The number of amides is 1. The molecule has 0 radical (unpaired) electrons. The highest BCUT2D eigenvalue weighted by Crippen LogP contribution is 2.25. The van der Waals surface area contributed by atoms with Crippen LogP contribution in [-0.2, 0) is 14.3 Å². The van der Waals surface area contributed by atoms with E-state index in [0.29, 0.717) is 0 Å². The molecular weight excluding hydrogens is 258 g/mol. The lowest BCUT2D eigenvalue weighted by atomic mass is 10.4. The average molecular weight is 269 g/mol. The fourth-order valence-corrected chi connectivity index (χ4v) is 0.800. The molecular formula is C10H11F4NO3. The van der Waals surface area contributed by atoms with Crippen LogP contribution in [0.15, 0.2) is 24.6 Å². The van der Waals surface area contributed by atoms with Crippen LogP contribution in [0.1, 0.15) is 0 Å². The van der Waals surface area contributed by atoms with E-state index in [1.165, 1.54) is 13.1 Å². The molecule has 0 aromatic rings. The van der Waals surface area contributed by atoms with E-state index in [9.17, 15) is 27.2 Å². The monoisotopic (exact) mass is 269 g/mol. The number of halogens is 4. The first-order chi connectivity index (χ1) is 8.20. The molecule has 0 aromatic carbocycles. The van der Waals surface area contributed by atoms with Crippen molar-refractivity contribution in [3.63, 3.8) is 0 Å². The normalized spacial score (nSPS) is 11.9. The number of alkyl halides is 3. The number of hydrogen-bond acceptors (Lipinski definition) is 3. The van der Waals surface area contributed by atoms with Gasteiger partial charge < -0.3 is 9.64 Å². The standard InChI is InChI=1S/C10H11F4NO3/c1-3-5-15(2)8(16)9(17)18-6-4-7(11)10(12,13)14/h3-4H,1,5-6H2,2H3/b7-4-. The number of nitrogens with zero attached hydrogens (tertiary/aromatic N) is 1. The van der Waals surface area contributed by atoms with E-state index in [1.54, 1.807) is 0 Å². The minimum atomic E-state index is -5.13. The van der Waals surface area contributed by atoms with E-state index in [-0.39, 0.29) is 12.6 Å². The number of likely N-dealkylation sites (N-methyl/N-ethyl adjacent to an activating group) is 1. The van der Waals surface area contributed by atoms with Crippen molar-refractivity contribution in [1.29, 1.82) is 0 Å². The minimum absolute atomic E-state index is 0.0265. The number of carbonyl (C=O) groups is 2. The quantitative estimate of drug-likeness (QED) is 0.337. The second-order valence-corrected chi connectivity index (χ2v) is 3.12. The van der Waals surface area contributed by atoms with Gasteiger partial charge in [0.25, 0.3) is 0 Å². The van der Waals surface area contributed by atoms with Crippen LogP contribution >= 0.6 is 0 Å². The van der Waals surface area contributed by atoms with Crippen molar-refractivity contribution in [3.05, 3.63) is 24.6 Å². The summed E-state index contributed by atoms with van der Waals surface area (Å²) in [6.07, 6.45) is -3.76. The van der Waals surface area contributed by atoms with Crippen molar-refractivity contribution in [3.8, 4) is 0 Å². The molecule has 0 saturated heterocycles.